The molecule has 7 heteroatoms. The molecule has 0 atom stereocenters. The number of urea groups is 1. The third-order valence-corrected chi connectivity index (χ3v) is 3.52. The van der Waals surface area contributed by atoms with Gasteiger partial charge in [-0.2, -0.15) is 13.2 Å². The van der Waals surface area contributed by atoms with Gasteiger partial charge in [0.15, 0.2) is 0 Å². The summed E-state index contributed by atoms with van der Waals surface area (Å²) in [5.41, 5.74) is 0.208. The molecule has 2 rings (SSSR count). The SMILES string of the molecule is O=C(NCc1cccc(C(F)(F)F)c1)Nc1ccccc1Br. The van der Waals surface area contributed by atoms with Crippen LogP contribution in [0.2, 0.25) is 0 Å². The van der Waals surface area contributed by atoms with Crippen molar-refractivity contribution < 1.29 is 18.0 Å². The first-order valence-corrected chi connectivity index (χ1v) is 7.11. The normalized spacial score (nSPS) is 11.1. The summed E-state index contributed by atoms with van der Waals surface area (Å²) in [6.45, 7) is 0.000204. The van der Waals surface area contributed by atoms with Crippen LogP contribution in [0.4, 0.5) is 23.7 Å². The fraction of sp³-hybridized carbons (Fsp3) is 0.133. The summed E-state index contributed by atoms with van der Waals surface area (Å²) >= 11 is 3.28. The highest BCUT2D eigenvalue weighted by Crippen LogP contribution is 2.29. The summed E-state index contributed by atoms with van der Waals surface area (Å²) in [4.78, 5) is 11.8. The summed E-state index contributed by atoms with van der Waals surface area (Å²) in [7, 11) is 0. The molecule has 0 spiro atoms. The molecule has 0 fully saturated rings. The van der Waals surface area contributed by atoms with Gasteiger partial charge in [0.25, 0.3) is 0 Å². The van der Waals surface area contributed by atoms with Crippen molar-refractivity contribution in [1.82, 2.24) is 5.32 Å². The van der Waals surface area contributed by atoms with Crippen LogP contribution < -0.4 is 10.6 Å². The predicted octanol–water partition coefficient (Wildman–Crippen LogP) is 4.79. The molecule has 22 heavy (non-hydrogen) atoms. The van der Waals surface area contributed by atoms with Crippen molar-refractivity contribution in [3.8, 4) is 0 Å². The summed E-state index contributed by atoms with van der Waals surface area (Å²) in [6.07, 6.45) is -4.40. The molecule has 0 saturated heterocycles. The van der Waals surface area contributed by atoms with Crippen molar-refractivity contribution in [3.63, 3.8) is 0 Å². The Morgan fingerprint density at radius 3 is 2.50 bits per heavy atom. The molecule has 0 unspecified atom stereocenters. The molecular weight excluding hydrogens is 361 g/mol. The fourth-order valence-electron chi connectivity index (χ4n) is 1.77. The summed E-state index contributed by atoms with van der Waals surface area (Å²) in [5, 5.41) is 5.12. The van der Waals surface area contributed by atoms with E-state index in [1.54, 1.807) is 24.3 Å². The van der Waals surface area contributed by atoms with Crippen LogP contribution >= 0.6 is 15.9 Å². The maximum Gasteiger partial charge on any atom is 0.416 e. The van der Waals surface area contributed by atoms with Crippen molar-refractivity contribution in [1.29, 1.82) is 0 Å². The number of rotatable bonds is 3. The van der Waals surface area contributed by atoms with Gasteiger partial charge in [0.05, 0.1) is 11.3 Å². The molecular formula is C15H12BrF3N2O. The maximum atomic E-state index is 12.6. The van der Waals surface area contributed by atoms with E-state index in [4.69, 9.17) is 0 Å². The number of anilines is 1. The minimum Gasteiger partial charge on any atom is -0.334 e. The van der Waals surface area contributed by atoms with Gasteiger partial charge in [-0.05, 0) is 45.8 Å². The number of halogens is 4. The summed E-state index contributed by atoms with van der Waals surface area (Å²) in [5.74, 6) is 0. The first-order chi connectivity index (χ1) is 10.4. The molecule has 0 radical (unpaired) electrons. The van der Waals surface area contributed by atoms with Gasteiger partial charge in [-0.3, -0.25) is 0 Å². The standard InChI is InChI=1S/C15H12BrF3N2O/c16-12-6-1-2-7-13(12)21-14(22)20-9-10-4-3-5-11(8-10)15(17,18)19/h1-8H,9H2,(H2,20,21,22). The fourth-order valence-corrected chi connectivity index (χ4v) is 2.15. The Balaban J connectivity index is 1.96. The lowest BCUT2D eigenvalue weighted by Gasteiger charge is -2.11. The third-order valence-electron chi connectivity index (χ3n) is 2.83. The Bertz CT molecular complexity index is 674. The number of benzene rings is 2. The van der Waals surface area contributed by atoms with Crippen molar-refractivity contribution >= 4 is 27.6 Å². The molecule has 2 aromatic rings. The highest BCUT2D eigenvalue weighted by atomic mass is 79.9. The Labute approximate surface area is 133 Å². The average molecular weight is 373 g/mol. The lowest BCUT2D eigenvalue weighted by Crippen LogP contribution is -2.28. The summed E-state index contributed by atoms with van der Waals surface area (Å²) < 4.78 is 38.5. The van der Waals surface area contributed by atoms with Crippen LogP contribution in [0, 0.1) is 0 Å². The van der Waals surface area contributed by atoms with Gasteiger partial charge in [-0.15, -0.1) is 0 Å². The van der Waals surface area contributed by atoms with Crippen LogP contribution in [0.5, 0.6) is 0 Å². The van der Waals surface area contributed by atoms with Gasteiger partial charge in [-0.25, -0.2) is 4.79 Å². The number of hydrogen-bond donors (Lipinski definition) is 2. The van der Waals surface area contributed by atoms with Gasteiger partial charge >= 0.3 is 12.2 Å². The van der Waals surface area contributed by atoms with E-state index in [2.05, 4.69) is 26.6 Å². The Morgan fingerprint density at radius 1 is 1.09 bits per heavy atom. The summed E-state index contributed by atoms with van der Waals surface area (Å²) in [6, 6.07) is 11.4. The van der Waals surface area contributed by atoms with Crippen molar-refractivity contribution in [3.05, 3.63) is 64.1 Å². The third kappa shape index (κ3) is 4.49. The number of para-hydroxylation sites is 1. The molecule has 2 aromatic carbocycles. The lowest BCUT2D eigenvalue weighted by atomic mass is 10.1. The smallest absolute Gasteiger partial charge is 0.334 e. The van der Waals surface area contributed by atoms with Gasteiger partial charge in [0.1, 0.15) is 0 Å². The van der Waals surface area contributed by atoms with Crippen molar-refractivity contribution in [2.24, 2.45) is 0 Å². The zero-order valence-electron chi connectivity index (χ0n) is 11.2. The van der Waals surface area contributed by atoms with Gasteiger partial charge in [0, 0.05) is 11.0 Å². The van der Waals surface area contributed by atoms with E-state index in [9.17, 15) is 18.0 Å². The number of nitrogens with one attached hydrogen (secondary N) is 2. The van der Waals surface area contributed by atoms with Crippen LogP contribution in [-0.2, 0) is 12.7 Å². The van der Waals surface area contributed by atoms with E-state index in [1.807, 2.05) is 0 Å². The minimum absolute atomic E-state index is 0.000204. The van der Waals surface area contributed by atoms with Crippen LogP contribution in [0.1, 0.15) is 11.1 Å². The average Bonchev–Trinajstić information content (AvgIpc) is 2.47. The molecule has 0 aliphatic rings. The molecule has 2 N–H and O–H groups in total. The Hall–Kier alpha value is -2.02. The molecule has 0 heterocycles. The number of amides is 2. The van der Waals surface area contributed by atoms with E-state index in [1.165, 1.54) is 12.1 Å². The highest BCUT2D eigenvalue weighted by Gasteiger charge is 2.30. The van der Waals surface area contributed by atoms with Gasteiger partial charge in [-0.1, -0.05) is 24.3 Å². The van der Waals surface area contributed by atoms with Gasteiger partial charge < -0.3 is 10.6 Å². The predicted molar refractivity (Wildman–Crippen MR) is 81.4 cm³/mol. The molecule has 0 aliphatic heterocycles. The first kappa shape index (κ1) is 16.4. The Morgan fingerprint density at radius 2 is 1.82 bits per heavy atom. The quantitative estimate of drug-likeness (QED) is 0.798. The molecule has 3 nitrogen and oxygen atoms in total. The number of carbonyl (C=O) groups excluding carboxylic acids is 1. The Kier molecular flexibility index (Phi) is 5.07. The van der Waals surface area contributed by atoms with E-state index in [0.717, 1.165) is 12.1 Å². The minimum atomic E-state index is -4.40. The van der Waals surface area contributed by atoms with E-state index < -0.39 is 17.8 Å². The molecule has 0 saturated carbocycles. The zero-order chi connectivity index (χ0) is 16.2. The molecule has 0 aliphatic carbocycles. The monoisotopic (exact) mass is 372 g/mol. The number of carbonyl (C=O) groups is 1. The second-order valence-corrected chi connectivity index (χ2v) is 5.34. The van der Waals surface area contributed by atoms with E-state index in [-0.39, 0.29) is 6.54 Å². The largest absolute Gasteiger partial charge is 0.416 e. The lowest BCUT2D eigenvalue weighted by molar-refractivity contribution is -0.137. The zero-order valence-corrected chi connectivity index (χ0v) is 12.8. The topological polar surface area (TPSA) is 41.1 Å². The van der Waals surface area contributed by atoms with Crippen LogP contribution in [0.3, 0.4) is 0 Å². The molecule has 0 aromatic heterocycles. The second kappa shape index (κ2) is 6.83. The second-order valence-electron chi connectivity index (χ2n) is 4.49. The number of alkyl halides is 3. The molecule has 116 valence electrons. The van der Waals surface area contributed by atoms with Crippen LogP contribution in [-0.4, -0.2) is 6.03 Å². The van der Waals surface area contributed by atoms with Crippen LogP contribution in [0.25, 0.3) is 0 Å². The molecule has 2 amide bonds. The molecule has 0 bridgehead atoms. The first-order valence-electron chi connectivity index (χ1n) is 6.32. The van der Waals surface area contributed by atoms with Crippen molar-refractivity contribution in [2.45, 2.75) is 12.7 Å². The number of hydrogen-bond acceptors (Lipinski definition) is 1. The maximum absolute atomic E-state index is 12.6. The van der Waals surface area contributed by atoms with Crippen molar-refractivity contribution in [2.75, 3.05) is 5.32 Å². The van der Waals surface area contributed by atoms with Crippen LogP contribution in [0.15, 0.2) is 53.0 Å². The van der Waals surface area contributed by atoms with Gasteiger partial charge in [0.2, 0.25) is 0 Å². The van der Waals surface area contributed by atoms with E-state index >= 15 is 0 Å². The highest BCUT2D eigenvalue weighted by molar-refractivity contribution is 9.10. The van der Waals surface area contributed by atoms with E-state index in [0.29, 0.717) is 15.7 Å².